The van der Waals surface area contributed by atoms with Gasteiger partial charge in [0, 0.05) is 24.7 Å². The van der Waals surface area contributed by atoms with Gasteiger partial charge in [-0.1, -0.05) is 24.3 Å². The van der Waals surface area contributed by atoms with Gasteiger partial charge in [0.25, 0.3) is 5.91 Å². The number of rotatable bonds is 2. The maximum atomic E-state index is 13.0. The average molecular weight is 353 g/mol. The molecule has 0 saturated carbocycles. The molecule has 2 aromatic rings. The summed E-state index contributed by atoms with van der Waals surface area (Å²) in [6.45, 7) is 6.00. The number of pyridine rings is 1. The maximum absolute atomic E-state index is 13.0. The molecule has 2 amide bonds. The van der Waals surface area contributed by atoms with Crippen LogP contribution in [0.2, 0.25) is 0 Å². The molecule has 1 aliphatic heterocycles. The molecule has 0 radical (unpaired) electrons. The van der Waals surface area contributed by atoms with Crippen LogP contribution in [0.1, 0.15) is 42.4 Å². The van der Waals surface area contributed by atoms with Gasteiger partial charge >= 0.3 is 0 Å². The van der Waals surface area contributed by atoms with E-state index in [0.29, 0.717) is 13.0 Å². The largest absolute Gasteiger partial charge is 0.505 e. The number of amides is 2. The monoisotopic (exact) mass is 353 g/mol. The molecule has 0 spiro atoms. The van der Waals surface area contributed by atoms with E-state index in [-0.39, 0.29) is 17.4 Å². The third-order valence-corrected chi connectivity index (χ3v) is 4.30. The summed E-state index contributed by atoms with van der Waals surface area (Å²) < 4.78 is 0. The van der Waals surface area contributed by atoms with Gasteiger partial charge in [0.1, 0.15) is 11.8 Å². The fourth-order valence-corrected chi connectivity index (χ4v) is 3.12. The molecule has 136 valence electrons. The first kappa shape index (κ1) is 17.9. The molecule has 6 nitrogen and oxygen atoms in total. The molecule has 1 aromatic carbocycles. The van der Waals surface area contributed by atoms with E-state index in [1.54, 1.807) is 6.07 Å². The Balaban J connectivity index is 1.97. The van der Waals surface area contributed by atoms with Gasteiger partial charge in [-0.25, -0.2) is 4.98 Å². The van der Waals surface area contributed by atoms with Gasteiger partial charge in [0.2, 0.25) is 5.91 Å². The van der Waals surface area contributed by atoms with Crippen LogP contribution in [-0.4, -0.2) is 38.4 Å². The number of hydrogen-bond donors (Lipinski definition) is 2. The molecular formula is C20H23N3O3. The molecule has 6 heteroatoms. The van der Waals surface area contributed by atoms with Gasteiger partial charge in [-0.05, 0) is 44.0 Å². The second-order valence-electron chi connectivity index (χ2n) is 7.53. The van der Waals surface area contributed by atoms with Crippen LogP contribution >= 0.6 is 0 Å². The van der Waals surface area contributed by atoms with Crippen molar-refractivity contribution in [3.05, 3.63) is 59.4 Å². The van der Waals surface area contributed by atoms with Crippen molar-refractivity contribution in [3.8, 4) is 5.75 Å². The van der Waals surface area contributed by atoms with Crippen molar-refractivity contribution < 1.29 is 14.7 Å². The SMILES string of the molecule is CC(C)(C)NC(=O)[C@@H]1Cc2ccccc2CN1C(=O)c1ncccc1O. The minimum atomic E-state index is -0.655. The Morgan fingerprint density at radius 3 is 2.50 bits per heavy atom. The van der Waals surface area contributed by atoms with Crippen LogP contribution in [0.5, 0.6) is 5.75 Å². The van der Waals surface area contributed by atoms with Gasteiger partial charge in [-0.15, -0.1) is 0 Å². The van der Waals surface area contributed by atoms with Crippen molar-refractivity contribution in [1.82, 2.24) is 15.2 Å². The molecule has 0 bridgehead atoms. The Morgan fingerprint density at radius 2 is 1.85 bits per heavy atom. The number of fused-ring (bicyclic) bond motifs is 1. The predicted molar refractivity (Wildman–Crippen MR) is 97.6 cm³/mol. The standard InChI is InChI=1S/C20H23N3O3/c1-20(2,3)22-18(25)15-11-13-7-4-5-8-14(13)12-23(15)19(26)17-16(24)9-6-10-21-17/h4-10,15,24H,11-12H2,1-3H3,(H,22,25)/t15-/m0/s1. The van der Waals surface area contributed by atoms with Crippen LogP contribution < -0.4 is 5.32 Å². The second kappa shape index (κ2) is 6.78. The van der Waals surface area contributed by atoms with Crippen molar-refractivity contribution in [2.45, 2.75) is 45.3 Å². The zero-order chi connectivity index (χ0) is 18.9. The first-order chi connectivity index (χ1) is 12.3. The van der Waals surface area contributed by atoms with Crippen LogP contribution in [0.15, 0.2) is 42.6 Å². The van der Waals surface area contributed by atoms with Crippen LogP contribution in [-0.2, 0) is 17.8 Å². The quantitative estimate of drug-likeness (QED) is 0.868. The zero-order valence-corrected chi connectivity index (χ0v) is 15.2. The Hall–Kier alpha value is -2.89. The fraction of sp³-hybridized carbons (Fsp3) is 0.350. The number of aromatic hydroxyl groups is 1. The molecule has 0 fully saturated rings. The van der Waals surface area contributed by atoms with E-state index < -0.39 is 17.5 Å². The van der Waals surface area contributed by atoms with Crippen molar-refractivity contribution in [2.75, 3.05) is 0 Å². The van der Waals surface area contributed by atoms with Gasteiger partial charge < -0.3 is 15.3 Å². The van der Waals surface area contributed by atoms with E-state index >= 15 is 0 Å². The summed E-state index contributed by atoms with van der Waals surface area (Å²) in [6, 6.07) is 10.1. The maximum Gasteiger partial charge on any atom is 0.277 e. The molecule has 1 aliphatic rings. The van der Waals surface area contributed by atoms with E-state index in [1.165, 1.54) is 17.2 Å². The number of hydrogen-bond acceptors (Lipinski definition) is 4. The topological polar surface area (TPSA) is 82.5 Å². The number of carbonyl (C=O) groups excluding carboxylic acids is 2. The highest BCUT2D eigenvalue weighted by Gasteiger charge is 2.37. The lowest BCUT2D eigenvalue weighted by atomic mass is 9.92. The summed E-state index contributed by atoms with van der Waals surface area (Å²) in [5.74, 6) is -0.853. The Morgan fingerprint density at radius 1 is 1.15 bits per heavy atom. The predicted octanol–water partition coefficient (Wildman–Crippen LogP) is 2.27. The normalized spacial score (nSPS) is 16.7. The number of nitrogens with one attached hydrogen (secondary N) is 1. The summed E-state index contributed by atoms with van der Waals surface area (Å²) >= 11 is 0. The van der Waals surface area contributed by atoms with Crippen LogP contribution in [0, 0.1) is 0 Å². The molecule has 0 unspecified atom stereocenters. The third kappa shape index (κ3) is 3.69. The zero-order valence-electron chi connectivity index (χ0n) is 15.2. The Bertz CT molecular complexity index is 842. The molecule has 0 aliphatic carbocycles. The number of nitrogens with zero attached hydrogens (tertiary/aromatic N) is 2. The average Bonchev–Trinajstić information content (AvgIpc) is 2.59. The van der Waals surface area contributed by atoms with E-state index in [9.17, 15) is 14.7 Å². The molecule has 3 rings (SSSR count). The summed E-state index contributed by atoms with van der Waals surface area (Å²) in [6.07, 6.45) is 1.88. The van der Waals surface area contributed by atoms with E-state index in [4.69, 9.17) is 0 Å². The highest BCUT2D eigenvalue weighted by molar-refractivity contribution is 5.98. The molecule has 26 heavy (non-hydrogen) atoms. The summed E-state index contributed by atoms with van der Waals surface area (Å²) in [5, 5.41) is 13.0. The van der Waals surface area contributed by atoms with Gasteiger partial charge in [-0.2, -0.15) is 0 Å². The fourth-order valence-electron chi connectivity index (χ4n) is 3.12. The summed E-state index contributed by atoms with van der Waals surface area (Å²) in [4.78, 5) is 31.4. The van der Waals surface area contributed by atoms with Gasteiger partial charge in [0.05, 0.1) is 0 Å². The lowest BCUT2D eigenvalue weighted by molar-refractivity contribution is -0.127. The van der Waals surface area contributed by atoms with Crippen LogP contribution in [0.3, 0.4) is 0 Å². The molecule has 1 aromatic heterocycles. The number of carbonyl (C=O) groups is 2. The summed E-state index contributed by atoms with van der Waals surface area (Å²) in [5.41, 5.74) is 1.60. The van der Waals surface area contributed by atoms with Gasteiger partial charge in [-0.3, -0.25) is 9.59 Å². The van der Waals surface area contributed by atoms with Crippen molar-refractivity contribution in [1.29, 1.82) is 0 Å². The lowest BCUT2D eigenvalue weighted by Crippen LogP contribution is -2.56. The van der Waals surface area contributed by atoms with E-state index in [2.05, 4.69) is 10.3 Å². The highest BCUT2D eigenvalue weighted by Crippen LogP contribution is 2.27. The molecule has 1 atom stereocenters. The minimum absolute atomic E-state index is 0.0413. The highest BCUT2D eigenvalue weighted by atomic mass is 16.3. The molecular weight excluding hydrogens is 330 g/mol. The second-order valence-corrected chi connectivity index (χ2v) is 7.53. The number of aromatic nitrogens is 1. The van der Waals surface area contributed by atoms with Crippen LogP contribution in [0.25, 0.3) is 0 Å². The molecule has 0 saturated heterocycles. The van der Waals surface area contributed by atoms with Crippen LogP contribution in [0.4, 0.5) is 0 Å². The van der Waals surface area contributed by atoms with Crippen molar-refractivity contribution in [3.63, 3.8) is 0 Å². The Labute approximate surface area is 152 Å². The first-order valence-electron chi connectivity index (χ1n) is 8.60. The molecule has 2 N–H and O–H groups in total. The first-order valence-corrected chi connectivity index (χ1v) is 8.60. The summed E-state index contributed by atoms with van der Waals surface area (Å²) in [7, 11) is 0. The van der Waals surface area contributed by atoms with E-state index in [0.717, 1.165) is 11.1 Å². The van der Waals surface area contributed by atoms with Gasteiger partial charge in [0.15, 0.2) is 5.69 Å². The van der Waals surface area contributed by atoms with Crippen molar-refractivity contribution >= 4 is 11.8 Å². The Kier molecular flexibility index (Phi) is 4.68. The van der Waals surface area contributed by atoms with Crippen molar-refractivity contribution in [2.24, 2.45) is 0 Å². The van der Waals surface area contributed by atoms with E-state index in [1.807, 2.05) is 45.0 Å². The molecule has 2 heterocycles. The number of benzene rings is 1. The smallest absolute Gasteiger partial charge is 0.277 e. The lowest BCUT2D eigenvalue weighted by Gasteiger charge is -2.37. The third-order valence-electron chi connectivity index (χ3n) is 4.30. The minimum Gasteiger partial charge on any atom is -0.505 e.